The summed E-state index contributed by atoms with van der Waals surface area (Å²) in [6.07, 6.45) is 4.36. The molecule has 0 aliphatic carbocycles. The molecule has 0 fully saturated rings. The topological polar surface area (TPSA) is 67.2 Å². The minimum Gasteiger partial charge on any atom is -0.461 e. The lowest BCUT2D eigenvalue weighted by molar-refractivity contribution is 0.0953. The molecule has 0 saturated heterocycles. The van der Waals surface area contributed by atoms with E-state index in [0.29, 0.717) is 12.1 Å². The number of amides is 1. The Hall–Kier alpha value is -2.82. The van der Waals surface area contributed by atoms with Crippen molar-refractivity contribution in [3.63, 3.8) is 0 Å². The van der Waals surface area contributed by atoms with Crippen molar-refractivity contribution in [2.45, 2.75) is 13.3 Å². The summed E-state index contributed by atoms with van der Waals surface area (Å²) < 4.78 is 5.51. The molecule has 2 N–H and O–H groups in total. The Balaban J connectivity index is 1.46. The highest BCUT2D eigenvalue weighted by atomic mass is 16.3. The third-order valence-electron chi connectivity index (χ3n) is 3.53. The summed E-state index contributed by atoms with van der Waals surface area (Å²) in [7, 11) is 0. The first-order valence-electron chi connectivity index (χ1n) is 7.65. The zero-order chi connectivity index (χ0) is 16.1. The summed E-state index contributed by atoms with van der Waals surface area (Å²) in [6.45, 7) is 3.30. The fourth-order valence-corrected chi connectivity index (χ4v) is 2.41. The highest BCUT2D eigenvalue weighted by Gasteiger charge is 2.07. The number of furan rings is 1. The van der Waals surface area contributed by atoms with Crippen LogP contribution in [0.3, 0.4) is 0 Å². The predicted molar refractivity (Wildman–Crippen MR) is 90.6 cm³/mol. The van der Waals surface area contributed by atoms with E-state index in [-0.39, 0.29) is 5.91 Å². The Morgan fingerprint density at radius 1 is 1.22 bits per heavy atom. The van der Waals surface area contributed by atoms with Gasteiger partial charge in [-0.2, -0.15) is 0 Å². The summed E-state index contributed by atoms with van der Waals surface area (Å²) >= 11 is 0. The van der Waals surface area contributed by atoms with E-state index in [1.807, 2.05) is 37.3 Å². The zero-order valence-corrected chi connectivity index (χ0v) is 13.0. The Morgan fingerprint density at radius 2 is 2.13 bits per heavy atom. The van der Waals surface area contributed by atoms with Gasteiger partial charge in [0.25, 0.3) is 5.91 Å². The molecule has 0 aliphatic rings. The van der Waals surface area contributed by atoms with E-state index < -0.39 is 0 Å². The van der Waals surface area contributed by atoms with Crippen LogP contribution in [-0.2, 0) is 0 Å². The fourth-order valence-electron chi connectivity index (χ4n) is 2.41. The maximum absolute atomic E-state index is 12.2. The Kier molecular flexibility index (Phi) is 4.57. The number of nitrogens with one attached hydrogen (secondary N) is 2. The van der Waals surface area contributed by atoms with Crippen LogP contribution in [0.25, 0.3) is 11.0 Å². The quantitative estimate of drug-likeness (QED) is 0.685. The van der Waals surface area contributed by atoms with Crippen LogP contribution in [0.2, 0.25) is 0 Å². The summed E-state index contributed by atoms with van der Waals surface area (Å²) in [5.74, 6) is 0.783. The SMILES string of the molecule is Cc1cc2cc(C(=O)NCCCNc3cccnc3)ccc2o1. The van der Waals surface area contributed by atoms with Gasteiger partial charge < -0.3 is 15.1 Å². The molecular weight excluding hydrogens is 290 g/mol. The molecule has 0 radical (unpaired) electrons. The highest BCUT2D eigenvalue weighted by molar-refractivity contribution is 5.97. The second kappa shape index (κ2) is 6.96. The molecule has 23 heavy (non-hydrogen) atoms. The first-order chi connectivity index (χ1) is 11.2. The number of fused-ring (bicyclic) bond motifs is 1. The van der Waals surface area contributed by atoms with Crippen LogP contribution in [0.15, 0.2) is 53.2 Å². The van der Waals surface area contributed by atoms with Gasteiger partial charge in [-0.1, -0.05) is 0 Å². The maximum Gasteiger partial charge on any atom is 0.251 e. The van der Waals surface area contributed by atoms with Gasteiger partial charge in [0, 0.05) is 36.4 Å². The van der Waals surface area contributed by atoms with Crippen LogP contribution in [0, 0.1) is 6.92 Å². The van der Waals surface area contributed by atoms with Gasteiger partial charge >= 0.3 is 0 Å². The number of benzene rings is 1. The Morgan fingerprint density at radius 3 is 2.96 bits per heavy atom. The molecule has 0 aliphatic heterocycles. The van der Waals surface area contributed by atoms with Crippen molar-refractivity contribution in [1.82, 2.24) is 10.3 Å². The summed E-state index contributed by atoms with van der Waals surface area (Å²) in [5, 5.41) is 7.14. The van der Waals surface area contributed by atoms with Crippen molar-refractivity contribution in [2.75, 3.05) is 18.4 Å². The number of hydrogen-bond donors (Lipinski definition) is 2. The van der Waals surface area contributed by atoms with Gasteiger partial charge in [0.15, 0.2) is 0 Å². The maximum atomic E-state index is 12.2. The van der Waals surface area contributed by atoms with Crippen molar-refractivity contribution in [1.29, 1.82) is 0 Å². The van der Waals surface area contributed by atoms with Crippen LogP contribution in [-0.4, -0.2) is 24.0 Å². The van der Waals surface area contributed by atoms with Crippen LogP contribution in [0.4, 0.5) is 5.69 Å². The number of rotatable bonds is 6. The monoisotopic (exact) mass is 309 g/mol. The normalized spacial score (nSPS) is 10.7. The zero-order valence-electron chi connectivity index (χ0n) is 13.0. The minimum absolute atomic E-state index is 0.0628. The van der Waals surface area contributed by atoms with Gasteiger partial charge in [0.05, 0.1) is 5.69 Å². The lowest BCUT2D eigenvalue weighted by Crippen LogP contribution is -2.25. The number of nitrogens with zero attached hydrogens (tertiary/aromatic N) is 1. The molecule has 0 bridgehead atoms. The van der Waals surface area contributed by atoms with E-state index in [9.17, 15) is 4.79 Å². The number of hydrogen-bond acceptors (Lipinski definition) is 4. The van der Waals surface area contributed by atoms with E-state index in [4.69, 9.17) is 4.42 Å². The van der Waals surface area contributed by atoms with E-state index in [2.05, 4.69) is 15.6 Å². The average molecular weight is 309 g/mol. The van der Waals surface area contributed by atoms with Crippen LogP contribution >= 0.6 is 0 Å². The van der Waals surface area contributed by atoms with Crippen molar-refractivity contribution in [3.8, 4) is 0 Å². The molecule has 0 spiro atoms. The third kappa shape index (κ3) is 3.88. The van der Waals surface area contributed by atoms with E-state index in [0.717, 1.165) is 35.4 Å². The first-order valence-corrected chi connectivity index (χ1v) is 7.65. The number of anilines is 1. The van der Waals surface area contributed by atoms with Gasteiger partial charge in [-0.15, -0.1) is 0 Å². The molecule has 2 aromatic heterocycles. The molecule has 1 amide bonds. The Labute approximate surface area is 134 Å². The summed E-state index contributed by atoms with van der Waals surface area (Å²) in [5.41, 5.74) is 2.44. The van der Waals surface area contributed by atoms with Gasteiger partial charge in [-0.3, -0.25) is 9.78 Å². The van der Waals surface area contributed by atoms with Crippen LogP contribution in [0.1, 0.15) is 22.5 Å². The molecule has 2 heterocycles. The highest BCUT2D eigenvalue weighted by Crippen LogP contribution is 2.20. The molecule has 3 rings (SSSR count). The lowest BCUT2D eigenvalue weighted by atomic mass is 10.1. The molecule has 0 atom stereocenters. The number of aromatic nitrogens is 1. The Bertz CT molecular complexity index is 796. The van der Waals surface area contributed by atoms with Crippen LogP contribution in [0.5, 0.6) is 0 Å². The second-order valence-corrected chi connectivity index (χ2v) is 5.39. The number of carbonyl (C=O) groups excluding carboxylic acids is 1. The van der Waals surface area contributed by atoms with Gasteiger partial charge in [-0.05, 0) is 49.7 Å². The molecule has 0 unspecified atom stereocenters. The molecule has 1 aromatic carbocycles. The fraction of sp³-hybridized carbons (Fsp3) is 0.222. The smallest absolute Gasteiger partial charge is 0.251 e. The predicted octanol–water partition coefficient (Wildman–Crippen LogP) is 3.37. The van der Waals surface area contributed by atoms with Crippen molar-refractivity contribution < 1.29 is 9.21 Å². The van der Waals surface area contributed by atoms with Gasteiger partial charge in [0.1, 0.15) is 11.3 Å². The number of pyridine rings is 1. The largest absolute Gasteiger partial charge is 0.461 e. The number of aryl methyl sites for hydroxylation is 1. The summed E-state index contributed by atoms with van der Waals surface area (Å²) in [4.78, 5) is 16.2. The van der Waals surface area contributed by atoms with E-state index in [1.54, 1.807) is 18.5 Å². The van der Waals surface area contributed by atoms with E-state index >= 15 is 0 Å². The first kappa shape index (κ1) is 15.1. The van der Waals surface area contributed by atoms with Crippen molar-refractivity contribution >= 4 is 22.6 Å². The molecule has 0 saturated carbocycles. The van der Waals surface area contributed by atoms with Gasteiger partial charge in [-0.25, -0.2) is 0 Å². The van der Waals surface area contributed by atoms with Crippen molar-refractivity contribution in [2.24, 2.45) is 0 Å². The standard InChI is InChI=1S/C18H19N3O2/c1-13-10-15-11-14(5-6-17(15)23-13)18(22)21-9-3-8-20-16-4-2-7-19-12-16/h2,4-7,10-12,20H,3,8-9H2,1H3,(H,21,22). The summed E-state index contributed by atoms with van der Waals surface area (Å²) in [6, 6.07) is 11.3. The van der Waals surface area contributed by atoms with Crippen LogP contribution < -0.4 is 10.6 Å². The molecule has 118 valence electrons. The average Bonchev–Trinajstić information content (AvgIpc) is 2.94. The third-order valence-corrected chi connectivity index (χ3v) is 3.53. The molecule has 3 aromatic rings. The second-order valence-electron chi connectivity index (χ2n) is 5.39. The molecule has 5 nitrogen and oxygen atoms in total. The van der Waals surface area contributed by atoms with Crippen molar-refractivity contribution in [3.05, 3.63) is 60.1 Å². The molecule has 5 heteroatoms. The number of carbonyl (C=O) groups is 1. The van der Waals surface area contributed by atoms with Gasteiger partial charge in [0.2, 0.25) is 0 Å². The lowest BCUT2D eigenvalue weighted by Gasteiger charge is -2.07. The minimum atomic E-state index is -0.0628. The van der Waals surface area contributed by atoms with E-state index in [1.165, 1.54) is 0 Å². The molecular formula is C18H19N3O2.